The summed E-state index contributed by atoms with van der Waals surface area (Å²) in [6.45, 7) is 5.19. The largest absolute Gasteiger partial charge is 0.391 e. The maximum absolute atomic E-state index is 11.7. The Kier molecular flexibility index (Phi) is 3.89. The van der Waals surface area contributed by atoms with Crippen molar-refractivity contribution in [2.24, 2.45) is 11.7 Å². The Labute approximate surface area is 85.1 Å². The van der Waals surface area contributed by atoms with E-state index in [9.17, 15) is 9.90 Å². The zero-order chi connectivity index (χ0) is 10.7. The predicted molar refractivity (Wildman–Crippen MR) is 54.6 cm³/mol. The number of aliphatic hydroxyl groups excluding tert-OH is 1. The van der Waals surface area contributed by atoms with Gasteiger partial charge in [-0.25, -0.2) is 0 Å². The van der Waals surface area contributed by atoms with E-state index in [2.05, 4.69) is 0 Å². The van der Waals surface area contributed by atoms with Gasteiger partial charge in [-0.15, -0.1) is 0 Å². The zero-order valence-corrected chi connectivity index (χ0v) is 8.94. The summed E-state index contributed by atoms with van der Waals surface area (Å²) in [5.41, 5.74) is 5.77. The van der Waals surface area contributed by atoms with Crippen LogP contribution >= 0.6 is 0 Å². The average Bonchev–Trinajstić information content (AvgIpc) is 2.49. The molecule has 4 heteroatoms. The average molecular weight is 200 g/mol. The first-order valence-electron chi connectivity index (χ1n) is 5.23. The molecule has 0 aromatic rings. The molecule has 1 amide bonds. The van der Waals surface area contributed by atoms with E-state index in [-0.39, 0.29) is 12.0 Å². The number of nitrogens with two attached hydrogens (primary N) is 1. The molecule has 0 aromatic heterocycles. The van der Waals surface area contributed by atoms with Gasteiger partial charge in [0.05, 0.1) is 12.1 Å². The molecule has 1 rings (SSSR count). The summed E-state index contributed by atoms with van der Waals surface area (Å²) in [5.74, 6) is 0.414. The van der Waals surface area contributed by atoms with Crippen molar-refractivity contribution in [1.82, 2.24) is 4.90 Å². The van der Waals surface area contributed by atoms with Crippen LogP contribution in [0, 0.1) is 5.92 Å². The summed E-state index contributed by atoms with van der Waals surface area (Å²) >= 11 is 0. The van der Waals surface area contributed by atoms with Crippen LogP contribution in [-0.4, -0.2) is 41.1 Å². The van der Waals surface area contributed by atoms with Gasteiger partial charge in [-0.1, -0.05) is 13.8 Å². The second kappa shape index (κ2) is 4.75. The molecule has 0 radical (unpaired) electrons. The van der Waals surface area contributed by atoms with E-state index in [0.717, 1.165) is 0 Å². The summed E-state index contributed by atoms with van der Waals surface area (Å²) in [4.78, 5) is 13.4. The number of hydrogen-bond acceptors (Lipinski definition) is 3. The van der Waals surface area contributed by atoms with Crippen LogP contribution in [0.4, 0.5) is 0 Å². The fourth-order valence-corrected chi connectivity index (χ4v) is 1.79. The Morgan fingerprint density at radius 3 is 2.71 bits per heavy atom. The third-order valence-corrected chi connectivity index (χ3v) is 2.52. The van der Waals surface area contributed by atoms with Crippen LogP contribution in [0.3, 0.4) is 0 Å². The molecule has 1 unspecified atom stereocenters. The highest BCUT2D eigenvalue weighted by atomic mass is 16.3. The van der Waals surface area contributed by atoms with Crippen LogP contribution in [0.25, 0.3) is 0 Å². The maximum atomic E-state index is 11.7. The van der Waals surface area contributed by atoms with Gasteiger partial charge in [0.2, 0.25) is 5.91 Å². The quantitative estimate of drug-likeness (QED) is 0.671. The minimum absolute atomic E-state index is 0.0183. The van der Waals surface area contributed by atoms with E-state index in [1.165, 1.54) is 0 Å². The van der Waals surface area contributed by atoms with Crippen LogP contribution in [0.1, 0.15) is 26.7 Å². The van der Waals surface area contributed by atoms with Crippen molar-refractivity contribution in [3.63, 3.8) is 0 Å². The zero-order valence-electron chi connectivity index (χ0n) is 8.94. The Morgan fingerprint density at radius 1 is 1.64 bits per heavy atom. The van der Waals surface area contributed by atoms with Gasteiger partial charge in [0.1, 0.15) is 0 Å². The Morgan fingerprint density at radius 2 is 2.29 bits per heavy atom. The molecule has 0 saturated carbocycles. The molecule has 82 valence electrons. The monoisotopic (exact) mass is 200 g/mol. The van der Waals surface area contributed by atoms with Crippen LogP contribution in [0.5, 0.6) is 0 Å². The van der Waals surface area contributed by atoms with Gasteiger partial charge < -0.3 is 15.7 Å². The first-order chi connectivity index (χ1) is 6.50. The molecular weight excluding hydrogens is 180 g/mol. The van der Waals surface area contributed by atoms with Crippen molar-refractivity contribution in [3.05, 3.63) is 0 Å². The molecular formula is C10H20N2O2. The molecule has 0 spiro atoms. The highest BCUT2D eigenvalue weighted by molar-refractivity contribution is 5.81. The Hall–Kier alpha value is -0.610. The lowest BCUT2D eigenvalue weighted by atomic mass is 10.0. The molecule has 2 atom stereocenters. The number of carbonyl (C=O) groups excluding carboxylic acids is 1. The van der Waals surface area contributed by atoms with E-state index in [4.69, 9.17) is 5.73 Å². The second-order valence-electron chi connectivity index (χ2n) is 4.46. The van der Waals surface area contributed by atoms with Gasteiger partial charge in [-0.3, -0.25) is 4.79 Å². The summed E-state index contributed by atoms with van der Waals surface area (Å²) in [5, 5.41) is 9.28. The standard InChI is InChI=1S/C10H20N2O2/c1-7(2)5-9(11)10(14)12-4-3-8(13)6-12/h7-9,13H,3-6,11H2,1-2H3/t8?,9-/m0/s1. The smallest absolute Gasteiger partial charge is 0.239 e. The maximum Gasteiger partial charge on any atom is 0.239 e. The van der Waals surface area contributed by atoms with Gasteiger partial charge in [0.15, 0.2) is 0 Å². The van der Waals surface area contributed by atoms with Gasteiger partial charge in [0, 0.05) is 13.1 Å². The Bertz CT molecular complexity index is 206. The molecule has 1 heterocycles. The minimum atomic E-state index is -0.403. The molecule has 0 bridgehead atoms. The van der Waals surface area contributed by atoms with Crippen LogP contribution in [0.2, 0.25) is 0 Å². The Balaban J connectivity index is 2.40. The molecule has 1 aliphatic rings. The molecule has 1 aliphatic heterocycles. The van der Waals surface area contributed by atoms with Crippen molar-refractivity contribution in [3.8, 4) is 0 Å². The number of rotatable bonds is 3. The second-order valence-corrected chi connectivity index (χ2v) is 4.46. The number of β-amino-alcohol motifs (C(OH)–C–C–N with tert-alkyl or cyclic N) is 1. The molecule has 0 aromatic carbocycles. The van der Waals surface area contributed by atoms with Gasteiger partial charge in [0.25, 0.3) is 0 Å². The number of hydrogen-bond donors (Lipinski definition) is 2. The van der Waals surface area contributed by atoms with Gasteiger partial charge >= 0.3 is 0 Å². The normalized spacial score (nSPS) is 24.4. The van der Waals surface area contributed by atoms with E-state index in [0.29, 0.717) is 31.8 Å². The number of amides is 1. The van der Waals surface area contributed by atoms with Crippen molar-refractivity contribution in [2.75, 3.05) is 13.1 Å². The molecule has 3 N–H and O–H groups in total. The van der Waals surface area contributed by atoms with E-state index in [1.807, 2.05) is 13.8 Å². The molecule has 0 aliphatic carbocycles. The fourth-order valence-electron chi connectivity index (χ4n) is 1.79. The summed E-state index contributed by atoms with van der Waals surface area (Å²) in [6, 6.07) is -0.403. The van der Waals surface area contributed by atoms with Crippen molar-refractivity contribution in [1.29, 1.82) is 0 Å². The van der Waals surface area contributed by atoms with Crippen molar-refractivity contribution >= 4 is 5.91 Å². The summed E-state index contributed by atoms with van der Waals surface area (Å²) in [6.07, 6.45) is 1.04. The van der Waals surface area contributed by atoms with Crippen molar-refractivity contribution in [2.45, 2.75) is 38.8 Å². The lowest BCUT2D eigenvalue weighted by molar-refractivity contribution is -0.132. The molecule has 4 nitrogen and oxygen atoms in total. The number of carbonyl (C=O) groups is 1. The minimum Gasteiger partial charge on any atom is -0.391 e. The highest BCUT2D eigenvalue weighted by Crippen LogP contribution is 2.12. The van der Waals surface area contributed by atoms with Gasteiger partial charge in [-0.2, -0.15) is 0 Å². The predicted octanol–water partition coefficient (Wildman–Crippen LogP) is -0.0470. The van der Waals surface area contributed by atoms with E-state index in [1.54, 1.807) is 4.90 Å². The van der Waals surface area contributed by atoms with E-state index < -0.39 is 6.04 Å². The third kappa shape index (κ3) is 2.96. The summed E-state index contributed by atoms with van der Waals surface area (Å²) in [7, 11) is 0. The van der Waals surface area contributed by atoms with Crippen LogP contribution < -0.4 is 5.73 Å². The van der Waals surface area contributed by atoms with Crippen molar-refractivity contribution < 1.29 is 9.90 Å². The number of likely N-dealkylation sites (tertiary alicyclic amines) is 1. The molecule has 1 saturated heterocycles. The summed E-state index contributed by atoms with van der Waals surface area (Å²) < 4.78 is 0. The SMILES string of the molecule is CC(C)C[C@H](N)C(=O)N1CCC(O)C1. The number of aliphatic hydroxyl groups is 1. The van der Waals surface area contributed by atoms with Crippen LogP contribution in [-0.2, 0) is 4.79 Å². The first kappa shape index (κ1) is 11.5. The third-order valence-electron chi connectivity index (χ3n) is 2.52. The highest BCUT2D eigenvalue weighted by Gasteiger charge is 2.28. The first-order valence-corrected chi connectivity index (χ1v) is 5.23. The van der Waals surface area contributed by atoms with Crippen LogP contribution in [0.15, 0.2) is 0 Å². The topological polar surface area (TPSA) is 66.6 Å². The lowest BCUT2D eigenvalue weighted by Crippen LogP contribution is -2.43. The molecule has 14 heavy (non-hydrogen) atoms. The number of nitrogens with zero attached hydrogens (tertiary/aromatic N) is 1. The fraction of sp³-hybridized carbons (Fsp3) is 0.900. The van der Waals surface area contributed by atoms with Gasteiger partial charge in [-0.05, 0) is 18.8 Å². The molecule has 1 fully saturated rings. The van der Waals surface area contributed by atoms with E-state index >= 15 is 0 Å². The lowest BCUT2D eigenvalue weighted by Gasteiger charge is -2.21.